The molecule has 0 bridgehead atoms. The van der Waals surface area contributed by atoms with E-state index >= 15 is 0 Å². The monoisotopic (exact) mass is 684 g/mol. The highest BCUT2D eigenvalue weighted by Crippen LogP contribution is 2.41. The quantitative estimate of drug-likeness (QED) is 0.236. The van der Waals surface area contributed by atoms with Crippen LogP contribution >= 0.6 is 16.4 Å². The summed E-state index contributed by atoms with van der Waals surface area (Å²) < 4.78 is 0. The van der Waals surface area contributed by atoms with Crippen LogP contribution in [-0.2, 0) is 45.3 Å². The molecule has 48 heavy (non-hydrogen) atoms. The van der Waals surface area contributed by atoms with E-state index in [1.165, 1.54) is 88.3 Å². The zero-order valence-electron chi connectivity index (χ0n) is 34.4. The standard InChI is InChI=1S/C46H70P2/c1-41(2,3)29-25-33(43(7,8)9)39(34(26-29)44(10,11)12)47-37-31-23-21-19-20-22-24-32(31)38(37)48-40-35(45(13,14)15)27-30(42(4,5)6)28-36(40)46(16,17)18/h25-28H,19-24H2,1-18H3. The summed E-state index contributed by atoms with van der Waals surface area (Å²) in [5.74, 6) is 0. The van der Waals surface area contributed by atoms with Crippen LogP contribution < -0.4 is 10.6 Å². The van der Waals surface area contributed by atoms with E-state index in [9.17, 15) is 0 Å². The second-order valence-corrected chi connectivity index (χ2v) is 23.4. The van der Waals surface area contributed by atoms with Crippen molar-refractivity contribution in [2.75, 3.05) is 0 Å². The van der Waals surface area contributed by atoms with Gasteiger partial charge in [0.2, 0.25) is 0 Å². The third-order valence-corrected chi connectivity index (χ3v) is 13.4. The zero-order chi connectivity index (χ0) is 36.4. The summed E-state index contributed by atoms with van der Waals surface area (Å²) in [4.78, 5) is 3.29. The Morgan fingerprint density at radius 3 is 0.812 bits per heavy atom. The molecule has 2 heteroatoms. The van der Waals surface area contributed by atoms with Crippen molar-refractivity contribution in [1.29, 1.82) is 0 Å². The van der Waals surface area contributed by atoms with Crippen molar-refractivity contribution in [3.63, 3.8) is 0 Å². The lowest BCUT2D eigenvalue weighted by Crippen LogP contribution is -2.30. The summed E-state index contributed by atoms with van der Waals surface area (Å²) in [6.45, 7) is 43.4. The van der Waals surface area contributed by atoms with Gasteiger partial charge in [-0.2, -0.15) is 0 Å². The summed E-state index contributed by atoms with van der Waals surface area (Å²) >= 11 is 0. The van der Waals surface area contributed by atoms with Gasteiger partial charge in [-0.3, -0.25) is 0 Å². The minimum Gasteiger partial charge on any atom is -0.0585 e. The maximum atomic E-state index is 2.57. The van der Waals surface area contributed by atoms with Crippen molar-refractivity contribution in [1.82, 2.24) is 0 Å². The molecule has 0 aromatic heterocycles. The smallest absolute Gasteiger partial charge is 0.0180 e. The fraction of sp³-hybridized carbons (Fsp3) is 0.652. The molecule has 0 aliphatic heterocycles. The van der Waals surface area contributed by atoms with Crippen LogP contribution in [0.3, 0.4) is 0 Å². The highest BCUT2D eigenvalue weighted by molar-refractivity contribution is 7.42. The molecule has 0 fully saturated rings. The Bertz CT molecular complexity index is 1540. The summed E-state index contributed by atoms with van der Waals surface area (Å²) in [7, 11) is 2.83. The molecule has 0 radical (unpaired) electrons. The molecule has 3 aromatic rings. The lowest BCUT2D eigenvalue weighted by atomic mass is 9.75. The normalized spacial score (nSPS) is 16.7. The minimum atomic E-state index is 0.0610. The van der Waals surface area contributed by atoms with Crippen LogP contribution in [0.1, 0.15) is 195 Å². The molecular formula is C46H70P2. The first-order valence-electron chi connectivity index (χ1n) is 18.9. The van der Waals surface area contributed by atoms with E-state index in [1.54, 1.807) is 31.6 Å². The summed E-state index contributed by atoms with van der Waals surface area (Å²) in [5, 5.41) is 3.13. The van der Waals surface area contributed by atoms with Gasteiger partial charge in [0.15, 0.2) is 0 Å². The van der Waals surface area contributed by atoms with Gasteiger partial charge in [0.1, 0.15) is 0 Å². The minimum absolute atomic E-state index is 0.0610. The van der Waals surface area contributed by atoms with E-state index < -0.39 is 0 Å². The Hall–Kier alpha value is -1.48. The van der Waals surface area contributed by atoms with Crippen LogP contribution in [0.25, 0.3) is 0 Å². The van der Waals surface area contributed by atoms with Crippen LogP contribution in [0.2, 0.25) is 0 Å². The SMILES string of the molecule is CC(C)(C)c1cc(C(C)(C)C)c(P=c2c3c(c2=Pc2c(C(C)(C)C)cc(C(C)(C)C)cc2C(C)(C)C)CCCCCC3)c(C(C)(C)C)c1. The number of hydrogen-bond donors (Lipinski definition) is 0. The summed E-state index contributed by atoms with van der Waals surface area (Å²) in [6, 6.07) is 10.3. The molecule has 0 atom stereocenters. The van der Waals surface area contributed by atoms with E-state index in [4.69, 9.17) is 0 Å². The molecule has 1 aliphatic carbocycles. The van der Waals surface area contributed by atoms with Gasteiger partial charge in [0.25, 0.3) is 0 Å². The average molecular weight is 685 g/mol. The molecule has 0 unspecified atom stereocenters. The fourth-order valence-corrected chi connectivity index (χ4v) is 11.2. The van der Waals surface area contributed by atoms with Gasteiger partial charge < -0.3 is 0 Å². The van der Waals surface area contributed by atoms with Crippen molar-refractivity contribution in [2.24, 2.45) is 0 Å². The zero-order valence-corrected chi connectivity index (χ0v) is 36.2. The molecule has 0 N–H and O–H groups in total. The third kappa shape index (κ3) is 8.51. The molecular weight excluding hydrogens is 614 g/mol. The fourth-order valence-electron chi connectivity index (χ4n) is 7.13. The van der Waals surface area contributed by atoms with Crippen molar-refractivity contribution in [2.45, 2.75) is 196 Å². The van der Waals surface area contributed by atoms with Crippen LogP contribution in [0.4, 0.5) is 0 Å². The van der Waals surface area contributed by atoms with Crippen LogP contribution in [0.15, 0.2) is 24.3 Å². The van der Waals surface area contributed by atoms with Gasteiger partial charge in [-0.05, 0) is 103 Å². The maximum Gasteiger partial charge on any atom is 0.0180 e. The first-order valence-corrected chi connectivity index (χ1v) is 20.7. The van der Waals surface area contributed by atoms with Gasteiger partial charge in [0, 0.05) is 20.5 Å². The van der Waals surface area contributed by atoms with Crippen LogP contribution in [-0.4, -0.2) is 0 Å². The van der Waals surface area contributed by atoms with E-state index in [0.29, 0.717) is 0 Å². The molecule has 1 aliphatic rings. The first-order chi connectivity index (χ1) is 21.6. The number of hydrogen-bond acceptors (Lipinski definition) is 0. The Morgan fingerprint density at radius 2 is 0.604 bits per heavy atom. The van der Waals surface area contributed by atoms with Crippen molar-refractivity contribution in [3.8, 4) is 0 Å². The van der Waals surface area contributed by atoms with E-state index in [0.717, 1.165) is 0 Å². The molecule has 0 spiro atoms. The second kappa shape index (κ2) is 13.2. The van der Waals surface area contributed by atoms with Crippen LogP contribution in [0, 0.1) is 9.88 Å². The third-order valence-electron chi connectivity index (χ3n) is 10.4. The summed E-state index contributed by atoms with van der Waals surface area (Å²) in [6.07, 6.45) is 7.87. The Balaban J connectivity index is 2.24. The van der Waals surface area contributed by atoms with E-state index in [-0.39, 0.29) is 32.5 Å². The number of benzene rings is 2. The molecule has 4 rings (SSSR count). The van der Waals surface area contributed by atoms with Gasteiger partial charge in [-0.25, -0.2) is 0 Å². The average Bonchev–Trinajstić information content (AvgIpc) is 2.87. The largest absolute Gasteiger partial charge is 0.0585 e. The molecule has 0 nitrogen and oxygen atoms in total. The van der Waals surface area contributed by atoms with Gasteiger partial charge in [-0.1, -0.05) is 178 Å². The molecule has 3 aromatic carbocycles. The maximum absolute atomic E-state index is 2.57. The lowest BCUT2D eigenvalue weighted by Gasteiger charge is -2.33. The second-order valence-electron chi connectivity index (χ2n) is 21.1. The van der Waals surface area contributed by atoms with Crippen molar-refractivity contribution >= 4 is 27.0 Å². The Morgan fingerprint density at radius 1 is 0.354 bits per heavy atom. The summed E-state index contributed by atoms with van der Waals surface area (Å²) in [5.41, 5.74) is 12.9. The topological polar surface area (TPSA) is 0 Å². The van der Waals surface area contributed by atoms with Crippen molar-refractivity contribution in [3.05, 3.63) is 78.7 Å². The Labute approximate surface area is 300 Å². The van der Waals surface area contributed by atoms with Gasteiger partial charge in [0.05, 0.1) is 0 Å². The molecule has 0 saturated heterocycles. The molecule has 264 valence electrons. The van der Waals surface area contributed by atoms with Crippen molar-refractivity contribution < 1.29 is 0 Å². The van der Waals surface area contributed by atoms with Gasteiger partial charge >= 0.3 is 0 Å². The molecule has 0 amide bonds. The predicted molar refractivity (Wildman–Crippen MR) is 219 cm³/mol. The number of fused-ring (bicyclic) bond motifs is 1. The first kappa shape index (κ1) is 39.3. The van der Waals surface area contributed by atoms with Crippen LogP contribution in [0.5, 0.6) is 0 Å². The molecule has 0 heterocycles. The predicted octanol–water partition coefficient (Wildman–Crippen LogP) is 13.6. The van der Waals surface area contributed by atoms with E-state index in [2.05, 4.69) is 149 Å². The Kier molecular flexibility index (Phi) is 10.9. The highest BCUT2D eigenvalue weighted by Gasteiger charge is 2.31. The lowest BCUT2D eigenvalue weighted by molar-refractivity contribution is 0.553. The highest BCUT2D eigenvalue weighted by atomic mass is 31.1. The molecule has 0 saturated carbocycles. The van der Waals surface area contributed by atoms with Gasteiger partial charge in [-0.15, -0.1) is 0 Å². The number of rotatable bonds is 2. The van der Waals surface area contributed by atoms with E-state index in [1.807, 2.05) is 0 Å².